The number of aliphatic hydroxyl groups excluding tert-OH is 1. The van der Waals surface area contributed by atoms with Crippen LogP contribution in [0.5, 0.6) is 0 Å². The summed E-state index contributed by atoms with van der Waals surface area (Å²) in [5.41, 5.74) is 2.42. The largest absolute Gasteiger partial charge is 0.395 e. The smallest absolute Gasteiger partial charge is 0.244 e. The maximum Gasteiger partial charge on any atom is 0.244 e. The number of carbonyl (C=O) groups excluding carboxylic acids is 1. The van der Waals surface area contributed by atoms with E-state index in [0.717, 1.165) is 11.1 Å². The van der Waals surface area contributed by atoms with E-state index in [9.17, 15) is 18.3 Å². The third-order valence-corrected chi connectivity index (χ3v) is 8.45. The van der Waals surface area contributed by atoms with E-state index in [0.29, 0.717) is 31.2 Å². The fourth-order valence-electron chi connectivity index (χ4n) is 4.22. The van der Waals surface area contributed by atoms with Crippen LogP contribution in [-0.4, -0.2) is 42.2 Å². The van der Waals surface area contributed by atoms with Crippen molar-refractivity contribution in [3.8, 4) is 0 Å². The molecule has 0 bridgehead atoms. The molecule has 0 saturated heterocycles. The Morgan fingerprint density at radius 3 is 2.34 bits per heavy atom. The lowest BCUT2D eigenvalue weighted by molar-refractivity contribution is -0.135. The predicted octanol–water partition coefficient (Wildman–Crippen LogP) is 3.41. The van der Waals surface area contributed by atoms with Crippen LogP contribution in [-0.2, 0) is 21.2 Å². The van der Waals surface area contributed by atoms with E-state index < -0.39 is 20.5 Å². The first-order valence-electron chi connectivity index (χ1n) is 10.1. The van der Waals surface area contributed by atoms with Crippen LogP contribution in [0.15, 0.2) is 53.4 Å². The zero-order chi connectivity index (χ0) is 21.1. The maximum atomic E-state index is 13.8. The zero-order valence-corrected chi connectivity index (χ0v) is 17.9. The lowest BCUT2D eigenvalue weighted by atomic mass is 10.0. The number of rotatable bonds is 7. The van der Waals surface area contributed by atoms with Crippen LogP contribution in [0.25, 0.3) is 0 Å². The number of aliphatic hydroxyl groups is 1. The van der Waals surface area contributed by atoms with E-state index in [2.05, 4.69) is 0 Å². The van der Waals surface area contributed by atoms with E-state index in [1.807, 2.05) is 43.3 Å². The fraction of sp³-hybridized carbons (Fsp3) is 0.435. The number of sulfone groups is 1. The Morgan fingerprint density at radius 2 is 1.72 bits per heavy atom. The molecule has 0 atom stereocenters. The molecule has 29 heavy (non-hydrogen) atoms. The molecule has 2 aromatic carbocycles. The summed E-state index contributed by atoms with van der Waals surface area (Å²) in [6.45, 7) is 3.81. The normalized spacial score (nSPS) is 16.0. The minimum atomic E-state index is -3.88. The molecule has 0 aliphatic heterocycles. The molecule has 1 saturated carbocycles. The summed E-state index contributed by atoms with van der Waals surface area (Å²) in [4.78, 5) is 15.5. The number of carbonyl (C=O) groups is 1. The number of benzene rings is 2. The molecule has 5 nitrogen and oxygen atoms in total. The van der Waals surface area contributed by atoms with Gasteiger partial charge < -0.3 is 10.0 Å². The molecule has 2 aromatic rings. The Balaban J connectivity index is 2.04. The third-order valence-electron chi connectivity index (χ3n) is 5.82. The standard InChI is InChI=1S/C23H29NO4S/c1-18-10-11-19(2)21(16-18)29(27,28)23(12-6-7-13-23)22(26)24(14-15-25)17-20-8-4-3-5-9-20/h3-5,8-11,16,25H,6-7,12-15,17H2,1-2H3. The monoisotopic (exact) mass is 415 g/mol. The van der Waals surface area contributed by atoms with E-state index >= 15 is 0 Å². The van der Waals surface area contributed by atoms with Crippen molar-refractivity contribution in [2.45, 2.75) is 55.7 Å². The van der Waals surface area contributed by atoms with Gasteiger partial charge in [0.05, 0.1) is 11.5 Å². The van der Waals surface area contributed by atoms with Gasteiger partial charge in [0.15, 0.2) is 14.6 Å². The van der Waals surface area contributed by atoms with Crippen molar-refractivity contribution in [2.75, 3.05) is 13.2 Å². The molecule has 3 rings (SSSR count). The molecule has 1 amide bonds. The predicted molar refractivity (Wildman–Crippen MR) is 113 cm³/mol. The second-order valence-electron chi connectivity index (χ2n) is 7.91. The van der Waals surface area contributed by atoms with Crippen molar-refractivity contribution in [2.24, 2.45) is 0 Å². The second kappa shape index (κ2) is 8.67. The van der Waals surface area contributed by atoms with E-state index in [1.54, 1.807) is 19.1 Å². The van der Waals surface area contributed by atoms with Crippen molar-refractivity contribution >= 4 is 15.7 Å². The van der Waals surface area contributed by atoms with Gasteiger partial charge in [0.2, 0.25) is 5.91 Å². The van der Waals surface area contributed by atoms with E-state index in [-0.39, 0.29) is 24.6 Å². The summed E-state index contributed by atoms with van der Waals surface area (Å²) < 4.78 is 26.2. The Bertz CT molecular complexity index is 964. The number of aryl methyl sites for hydroxylation is 2. The molecule has 0 radical (unpaired) electrons. The van der Waals surface area contributed by atoms with Crippen molar-refractivity contribution in [1.82, 2.24) is 4.90 Å². The molecule has 0 aromatic heterocycles. The fourth-order valence-corrected chi connectivity index (χ4v) is 6.66. The highest BCUT2D eigenvalue weighted by Gasteiger charge is 2.54. The van der Waals surface area contributed by atoms with Gasteiger partial charge in [-0.1, -0.05) is 55.3 Å². The Hall–Kier alpha value is -2.18. The average Bonchev–Trinajstić information content (AvgIpc) is 3.21. The van der Waals surface area contributed by atoms with Crippen LogP contribution in [0.1, 0.15) is 42.4 Å². The van der Waals surface area contributed by atoms with Crippen molar-refractivity contribution < 1.29 is 18.3 Å². The Morgan fingerprint density at radius 1 is 1.07 bits per heavy atom. The van der Waals surface area contributed by atoms with Crippen LogP contribution >= 0.6 is 0 Å². The lowest BCUT2D eigenvalue weighted by Crippen LogP contribution is -2.52. The summed E-state index contributed by atoms with van der Waals surface area (Å²) in [6, 6.07) is 14.8. The molecule has 0 spiro atoms. The molecule has 0 heterocycles. The summed E-state index contributed by atoms with van der Waals surface area (Å²) in [7, 11) is -3.88. The molecule has 156 valence electrons. The summed E-state index contributed by atoms with van der Waals surface area (Å²) in [5.74, 6) is -0.395. The van der Waals surface area contributed by atoms with Crippen molar-refractivity contribution in [1.29, 1.82) is 0 Å². The van der Waals surface area contributed by atoms with Crippen LogP contribution < -0.4 is 0 Å². The SMILES string of the molecule is Cc1ccc(C)c(S(=O)(=O)C2(C(=O)N(CCO)Cc3ccccc3)CCCC2)c1. The number of hydrogen-bond donors (Lipinski definition) is 1. The van der Waals surface area contributed by atoms with Gasteiger partial charge in [-0.3, -0.25) is 4.79 Å². The quantitative estimate of drug-likeness (QED) is 0.752. The first-order chi connectivity index (χ1) is 13.8. The summed E-state index contributed by atoms with van der Waals surface area (Å²) in [5, 5.41) is 9.55. The summed E-state index contributed by atoms with van der Waals surface area (Å²) in [6.07, 6.45) is 2.04. The Labute approximate surface area is 173 Å². The molecule has 1 aliphatic rings. The molecular formula is C23H29NO4S. The van der Waals surface area contributed by atoms with Gasteiger partial charge in [0.25, 0.3) is 0 Å². The van der Waals surface area contributed by atoms with Crippen molar-refractivity contribution in [3.05, 3.63) is 65.2 Å². The van der Waals surface area contributed by atoms with Gasteiger partial charge in [-0.25, -0.2) is 8.42 Å². The van der Waals surface area contributed by atoms with Gasteiger partial charge in [-0.05, 0) is 49.4 Å². The molecule has 1 aliphatic carbocycles. The highest BCUT2D eigenvalue weighted by atomic mass is 32.2. The van der Waals surface area contributed by atoms with Crippen LogP contribution in [0.2, 0.25) is 0 Å². The average molecular weight is 416 g/mol. The van der Waals surface area contributed by atoms with Gasteiger partial charge in [0, 0.05) is 13.1 Å². The third kappa shape index (κ3) is 4.09. The number of hydrogen-bond acceptors (Lipinski definition) is 4. The van der Waals surface area contributed by atoms with Gasteiger partial charge >= 0.3 is 0 Å². The van der Waals surface area contributed by atoms with Crippen LogP contribution in [0, 0.1) is 13.8 Å². The molecule has 1 fully saturated rings. The number of nitrogens with zero attached hydrogens (tertiary/aromatic N) is 1. The first kappa shape index (κ1) is 21.5. The zero-order valence-electron chi connectivity index (χ0n) is 17.1. The minimum Gasteiger partial charge on any atom is -0.395 e. The van der Waals surface area contributed by atoms with Gasteiger partial charge in [-0.15, -0.1) is 0 Å². The van der Waals surface area contributed by atoms with Gasteiger partial charge in [0.1, 0.15) is 0 Å². The van der Waals surface area contributed by atoms with E-state index in [1.165, 1.54) is 4.90 Å². The van der Waals surface area contributed by atoms with Crippen LogP contribution in [0.3, 0.4) is 0 Å². The highest BCUT2D eigenvalue weighted by molar-refractivity contribution is 7.93. The summed E-state index contributed by atoms with van der Waals surface area (Å²) >= 11 is 0. The highest BCUT2D eigenvalue weighted by Crippen LogP contribution is 2.43. The van der Waals surface area contributed by atoms with Crippen molar-refractivity contribution in [3.63, 3.8) is 0 Å². The molecule has 1 N–H and O–H groups in total. The van der Waals surface area contributed by atoms with Crippen LogP contribution in [0.4, 0.5) is 0 Å². The van der Waals surface area contributed by atoms with Gasteiger partial charge in [-0.2, -0.15) is 0 Å². The molecule has 6 heteroatoms. The second-order valence-corrected chi connectivity index (χ2v) is 10.1. The molecular weight excluding hydrogens is 386 g/mol. The Kier molecular flexibility index (Phi) is 6.44. The topological polar surface area (TPSA) is 74.7 Å². The maximum absolute atomic E-state index is 13.8. The number of amides is 1. The minimum absolute atomic E-state index is 0.109. The van der Waals surface area contributed by atoms with E-state index in [4.69, 9.17) is 0 Å². The lowest BCUT2D eigenvalue weighted by Gasteiger charge is -2.34. The first-order valence-corrected chi connectivity index (χ1v) is 11.6. The molecule has 0 unspecified atom stereocenters.